The molecule has 0 amide bonds. The van der Waals surface area contributed by atoms with Gasteiger partial charge in [-0.1, -0.05) is 25.0 Å². The van der Waals surface area contributed by atoms with Crippen LogP contribution in [0.1, 0.15) is 24.8 Å². The van der Waals surface area contributed by atoms with Crippen LogP contribution in [0.2, 0.25) is 0 Å². The molecule has 2 atom stereocenters. The number of hydrogen-bond donors (Lipinski definition) is 2. The van der Waals surface area contributed by atoms with E-state index in [4.69, 9.17) is 5.73 Å². The minimum atomic E-state index is -0.522. The monoisotopic (exact) mass is 223 g/mol. The van der Waals surface area contributed by atoms with Gasteiger partial charge in [0.05, 0.1) is 6.10 Å². The molecule has 0 aliphatic heterocycles. The quantitative estimate of drug-likeness (QED) is 0.800. The third-order valence-electron chi connectivity index (χ3n) is 3.15. The van der Waals surface area contributed by atoms with Gasteiger partial charge in [0.25, 0.3) is 0 Å². The molecule has 2 rings (SSSR count). The highest BCUT2D eigenvalue weighted by Gasteiger charge is 2.27. The molecular formula is C13H18FNO. The first-order valence-corrected chi connectivity index (χ1v) is 5.83. The predicted molar refractivity (Wildman–Crippen MR) is 61.4 cm³/mol. The first kappa shape index (κ1) is 11.6. The van der Waals surface area contributed by atoms with Crippen molar-refractivity contribution < 1.29 is 9.50 Å². The molecule has 0 radical (unpaired) electrons. The smallest absolute Gasteiger partial charge is 0.123 e. The normalized spacial score (nSPS) is 19.4. The van der Waals surface area contributed by atoms with Crippen molar-refractivity contribution in [2.45, 2.75) is 37.8 Å². The summed E-state index contributed by atoms with van der Waals surface area (Å²) in [7, 11) is 0. The van der Waals surface area contributed by atoms with E-state index in [1.807, 2.05) is 0 Å². The minimum Gasteiger partial charge on any atom is -0.391 e. The van der Waals surface area contributed by atoms with Gasteiger partial charge in [-0.25, -0.2) is 4.39 Å². The maximum atomic E-state index is 12.7. The topological polar surface area (TPSA) is 46.2 Å². The van der Waals surface area contributed by atoms with Gasteiger partial charge in [-0.15, -0.1) is 0 Å². The van der Waals surface area contributed by atoms with E-state index in [0.717, 1.165) is 17.9 Å². The molecule has 1 aliphatic rings. The molecule has 3 N–H and O–H groups in total. The molecule has 88 valence electrons. The summed E-state index contributed by atoms with van der Waals surface area (Å²) in [6, 6.07) is 6.06. The van der Waals surface area contributed by atoms with Crippen molar-refractivity contribution in [1.29, 1.82) is 0 Å². The zero-order valence-electron chi connectivity index (χ0n) is 9.27. The summed E-state index contributed by atoms with van der Waals surface area (Å²) in [5.74, 6) is 0.471. The maximum Gasteiger partial charge on any atom is 0.123 e. The summed E-state index contributed by atoms with van der Waals surface area (Å²) >= 11 is 0. The number of benzene rings is 1. The number of hydrogen-bond acceptors (Lipinski definition) is 2. The van der Waals surface area contributed by atoms with Gasteiger partial charge in [0.15, 0.2) is 0 Å². The molecule has 1 saturated carbocycles. The lowest BCUT2D eigenvalue weighted by Crippen LogP contribution is -2.36. The number of aliphatic hydroxyl groups is 1. The van der Waals surface area contributed by atoms with Crippen LogP contribution in [0.4, 0.5) is 4.39 Å². The Morgan fingerprint density at radius 3 is 2.50 bits per heavy atom. The Kier molecular flexibility index (Phi) is 3.56. The average molecular weight is 223 g/mol. The van der Waals surface area contributed by atoms with Gasteiger partial charge in [0.2, 0.25) is 0 Å². The van der Waals surface area contributed by atoms with Crippen LogP contribution in [0.5, 0.6) is 0 Å². The van der Waals surface area contributed by atoms with Crippen LogP contribution in [0, 0.1) is 11.7 Å². The number of nitrogens with two attached hydrogens (primary N) is 1. The Labute approximate surface area is 95.3 Å². The fourth-order valence-corrected chi connectivity index (χ4v) is 1.91. The first-order valence-electron chi connectivity index (χ1n) is 5.83. The second kappa shape index (κ2) is 4.93. The zero-order valence-corrected chi connectivity index (χ0v) is 9.27. The molecule has 1 aliphatic carbocycles. The molecule has 1 aromatic rings. The lowest BCUT2D eigenvalue weighted by molar-refractivity contribution is 0.138. The van der Waals surface area contributed by atoms with Crippen molar-refractivity contribution in [3.63, 3.8) is 0 Å². The molecule has 0 aromatic heterocycles. The van der Waals surface area contributed by atoms with Crippen LogP contribution in [-0.4, -0.2) is 17.3 Å². The zero-order chi connectivity index (χ0) is 11.5. The lowest BCUT2D eigenvalue weighted by atomic mass is 9.99. The summed E-state index contributed by atoms with van der Waals surface area (Å²) in [6.07, 6.45) is 3.39. The van der Waals surface area contributed by atoms with Crippen molar-refractivity contribution in [2.75, 3.05) is 0 Å². The number of rotatable bonds is 5. The van der Waals surface area contributed by atoms with Gasteiger partial charge in [-0.2, -0.15) is 0 Å². The Hall–Kier alpha value is -0.930. The van der Waals surface area contributed by atoms with Gasteiger partial charge in [0, 0.05) is 6.04 Å². The molecule has 2 nitrogen and oxygen atoms in total. The van der Waals surface area contributed by atoms with Crippen molar-refractivity contribution in [3.05, 3.63) is 35.6 Å². The van der Waals surface area contributed by atoms with Crippen LogP contribution < -0.4 is 5.73 Å². The highest BCUT2D eigenvalue weighted by molar-refractivity contribution is 5.17. The Morgan fingerprint density at radius 2 is 1.94 bits per heavy atom. The van der Waals surface area contributed by atoms with Crippen LogP contribution >= 0.6 is 0 Å². The van der Waals surface area contributed by atoms with Crippen molar-refractivity contribution in [1.82, 2.24) is 0 Å². The van der Waals surface area contributed by atoms with Crippen LogP contribution in [-0.2, 0) is 6.42 Å². The van der Waals surface area contributed by atoms with Crippen molar-refractivity contribution >= 4 is 0 Å². The maximum absolute atomic E-state index is 12.7. The number of halogens is 1. The summed E-state index contributed by atoms with van der Waals surface area (Å²) < 4.78 is 12.7. The minimum absolute atomic E-state index is 0.155. The van der Waals surface area contributed by atoms with Crippen molar-refractivity contribution in [3.8, 4) is 0 Å². The second-order valence-corrected chi connectivity index (χ2v) is 4.74. The van der Waals surface area contributed by atoms with Crippen LogP contribution in [0.15, 0.2) is 24.3 Å². The highest BCUT2D eigenvalue weighted by Crippen LogP contribution is 2.33. The third kappa shape index (κ3) is 3.29. The van der Waals surface area contributed by atoms with E-state index >= 15 is 0 Å². The van der Waals surface area contributed by atoms with E-state index in [0.29, 0.717) is 6.42 Å². The summed E-state index contributed by atoms with van der Waals surface area (Å²) in [6.45, 7) is 0. The van der Waals surface area contributed by atoms with E-state index in [1.54, 1.807) is 12.1 Å². The Bertz CT molecular complexity index is 334. The van der Waals surface area contributed by atoms with Gasteiger partial charge >= 0.3 is 0 Å². The van der Waals surface area contributed by atoms with Gasteiger partial charge in [-0.05, 0) is 36.5 Å². The van der Waals surface area contributed by atoms with E-state index in [-0.39, 0.29) is 11.9 Å². The predicted octanol–water partition coefficient (Wildman–Crippen LogP) is 1.86. The van der Waals surface area contributed by atoms with Gasteiger partial charge in [-0.3, -0.25) is 0 Å². The Morgan fingerprint density at radius 1 is 1.31 bits per heavy atom. The fourth-order valence-electron chi connectivity index (χ4n) is 1.91. The third-order valence-corrected chi connectivity index (χ3v) is 3.15. The van der Waals surface area contributed by atoms with Gasteiger partial charge in [0.1, 0.15) is 5.82 Å². The van der Waals surface area contributed by atoms with E-state index in [2.05, 4.69) is 0 Å². The van der Waals surface area contributed by atoms with E-state index in [1.165, 1.54) is 25.0 Å². The largest absolute Gasteiger partial charge is 0.391 e. The molecule has 1 fully saturated rings. The molecule has 16 heavy (non-hydrogen) atoms. The second-order valence-electron chi connectivity index (χ2n) is 4.74. The molecule has 0 spiro atoms. The van der Waals surface area contributed by atoms with E-state index < -0.39 is 6.10 Å². The standard InChI is InChI=1S/C13H18FNO/c14-11-5-3-10(4-6-11)8-13(16)12(15)7-9-1-2-9/h3-6,9,12-13,16H,1-2,7-8,15H2. The molecule has 3 heteroatoms. The summed E-state index contributed by atoms with van der Waals surface area (Å²) in [5.41, 5.74) is 6.84. The summed E-state index contributed by atoms with van der Waals surface area (Å²) in [4.78, 5) is 0. The summed E-state index contributed by atoms with van der Waals surface area (Å²) in [5, 5.41) is 9.90. The van der Waals surface area contributed by atoms with E-state index in [9.17, 15) is 9.50 Å². The molecule has 2 unspecified atom stereocenters. The molecular weight excluding hydrogens is 205 g/mol. The Balaban J connectivity index is 1.85. The molecule has 1 aromatic carbocycles. The van der Waals surface area contributed by atoms with Crippen LogP contribution in [0.3, 0.4) is 0 Å². The fraction of sp³-hybridized carbons (Fsp3) is 0.538. The SMILES string of the molecule is NC(CC1CC1)C(O)Cc1ccc(F)cc1. The molecule has 0 heterocycles. The highest BCUT2D eigenvalue weighted by atomic mass is 19.1. The molecule has 0 bridgehead atoms. The average Bonchev–Trinajstić information content (AvgIpc) is 3.05. The van der Waals surface area contributed by atoms with Crippen LogP contribution in [0.25, 0.3) is 0 Å². The lowest BCUT2D eigenvalue weighted by Gasteiger charge is -2.18. The first-order chi connectivity index (χ1) is 7.65. The molecule has 0 saturated heterocycles. The number of aliphatic hydroxyl groups excluding tert-OH is 1. The van der Waals surface area contributed by atoms with Crippen molar-refractivity contribution in [2.24, 2.45) is 11.7 Å². The van der Waals surface area contributed by atoms with Gasteiger partial charge < -0.3 is 10.8 Å².